The minimum absolute atomic E-state index is 0.0947. The van der Waals surface area contributed by atoms with Crippen molar-refractivity contribution in [3.05, 3.63) is 69.2 Å². The summed E-state index contributed by atoms with van der Waals surface area (Å²) in [6.45, 7) is 0. The van der Waals surface area contributed by atoms with E-state index in [2.05, 4.69) is 21.4 Å². The van der Waals surface area contributed by atoms with Crippen molar-refractivity contribution >= 4 is 51.1 Å². The molecule has 22 heavy (non-hydrogen) atoms. The minimum atomic E-state index is -0.428. The first-order chi connectivity index (χ1) is 10.5. The quantitative estimate of drug-likeness (QED) is 0.642. The summed E-state index contributed by atoms with van der Waals surface area (Å²) < 4.78 is 0.930. The molecule has 6 heteroatoms. The predicted molar refractivity (Wildman–Crippen MR) is 89.2 cm³/mol. The summed E-state index contributed by atoms with van der Waals surface area (Å²) in [6.07, 6.45) is 1.57. The fourth-order valence-electron chi connectivity index (χ4n) is 2.06. The summed E-state index contributed by atoms with van der Waals surface area (Å²) >= 11 is 9.17. The Morgan fingerprint density at radius 3 is 2.27 bits per heavy atom. The molecule has 110 valence electrons. The molecule has 0 saturated carbocycles. The standard InChI is InChI=1S/C16H10BrClN2O2/c17-11-3-1-10(2-4-11)9-14-15(21)19-20(16(14)22)13-7-5-12(18)6-8-13/h1-9H,(H,19,21)/b14-9+. The largest absolute Gasteiger partial charge is 0.282 e. The van der Waals surface area contributed by atoms with Crippen LogP contribution in [0.5, 0.6) is 0 Å². The molecule has 4 nitrogen and oxygen atoms in total. The van der Waals surface area contributed by atoms with E-state index in [1.807, 2.05) is 24.3 Å². The average molecular weight is 378 g/mol. The molecule has 0 radical (unpaired) electrons. The Labute approximate surface area is 140 Å². The topological polar surface area (TPSA) is 49.4 Å². The number of hydrogen-bond acceptors (Lipinski definition) is 2. The Hall–Kier alpha value is -2.11. The molecule has 0 aromatic heterocycles. The third-order valence-corrected chi connectivity index (χ3v) is 3.94. The highest BCUT2D eigenvalue weighted by Gasteiger charge is 2.34. The van der Waals surface area contributed by atoms with Crippen LogP contribution < -0.4 is 10.4 Å². The zero-order valence-electron chi connectivity index (χ0n) is 11.2. The van der Waals surface area contributed by atoms with Crippen LogP contribution in [0.3, 0.4) is 0 Å². The van der Waals surface area contributed by atoms with E-state index in [9.17, 15) is 9.59 Å². The van der Waals surface area contributed by atoms with Gasteiger partial charge >= 0.3 is 0 Å². The minimum Gasteiger partial charge on any atom is -0.267 e. The Balaban J connectivity index is 1.91. The van der Waals surface area contributed by atoms with Crippen LogP contribution in [0.1, 0.15) is 5.56 Å². The summed E-state index contributed by atoms with van der Waals surface area (Å²) in [5, 5.41) is 1.77. The molecule has 2 amide bonds. The second-order valence-electron chi connectivity index (χ2n) is 4.67. The number of nitrogens with one attached hydrogen (secondary N) is 1. The van der Waals surface area contributed by atoms with E-state index in [1.165, 1.54) is 5.01 Å². The van der Waals surface area contributed by atoms with Gasteiger partial charge in [0.05, 0.1) is 5.69 Å². The summed E-state index contributed by atoms with van der Waals surface area (Å²) in [5.74, 6) is -0.821. The second-order valence-corrected chi connectivity index (χ2v) is 6.02. The van der Waals surface area contributed by atoms with Gasteiger partial charge < -0.3 is 0 Å². The lowest BCUT2D eigenvalue weighted by Gasteiger charge is -2.14. The fourth-order valence-corrected chi connectivity index (χ4v) is 2.45. The van der Waals surface area contributed by atoms with Gasteiger partial charge in [-0.05, 0) is 48.0 Å². The second kappa shape index (κ2) is 5.94. The summed E-state index contributed by atoms with van der Waals surface area (Å²) in [7, 11) is 0. The fraction of sp³-hybridized carbons (Fsp3) is 0. The van der Waals surface area contributed by atoms with E-state index >= 15 is 0 Å². The number of anilines is 1. The summed E-state index contributed by atoms with van der Waals surface area (Å²) in [4.78, 5) is 24.4. The van der Waals surface area contributed by atoms with Gasteiger partial charge in [0.15, 0.2) is 0 Å². The first-order valence-corrected chi connectivity index (χ1v) is 7.60. The van der Waals surface area contributed by atoms with Gasteiger partial charge in [-0.25, -0.2) is 5.01 Å². The lowest BCUT2D eigenvalue weighted by atomic mass is 10.1. The molecule has 3 rings (SSSR count). The number of nitrogens with zero attached hydrogens (tertiary/aromatic N) is 1. The van der Waals surface area contributed by atoms with E-state index in [-0.39, 0.29) is 5.57 Å². The Bertz CT molecular complexity index is 770. The van der Waals surface area contributed by atoms with Crippen molar-refractivity contribution in [1.29, 1.82) is 0 Å². The maximum atomic E-state index is 12.4. The molecule has 0 spiro atoms. The lowest BCUT2D eigenvalue weighted by Crippen LogP contribution is -2.35. The van der Waals surface area contributed by atoms with Crippen LogP contribution in [0.2, 0.25) is 5.02 Å². The van der Waals surface area contributed by atoms with E-state index in [4.69, 9.17) is 11.6 Å². The number of carbonyl (C=O) groups is 2. The highest BCUT2D eigenvalue weighted by Crippen LogP contribution is 2.23. The summed E-state index contributed by atoms with van der Waals surface area (Å²) in [6, 6.07) is 14.0. The number of rotatable bonds is 2. The Morgan fingerprint density at radius 1 is 1.00 bits per heavy atom. The molecule has 1 aliphatic heterocycles. The van der Waals surface area contributed by atoms with Crippen molar-refractivity contribution in [2.24, 2.45) is 0 Å². The highest BCUT2D eigenvalue weighted by atomic mass is 79.9. The Morgan fingerprint density at radius 2 is 1.64 bits per heavy atom. The zero-order chi connectivity index (χ0) is 15.7. The number of amides is 2. The lowest BCUT2D eigenvalue weighted by molar-refractivity contribution is -0.117. The predicted octanol–water partition coefficient (Wildman–Crippen LogP) is 3.56. The third kappa shape index (κ3) is 2.91. The van der Waals surface area contributed by atoms with Crippen LogP contribution in [-0.4, -0.2) is 11.8 Å². The van der Waals surface area contributed by atoms with Gasteiger partial charge in [0.2, 0.25) is 0 Å². The first-order valence-electron chi connectivity index (χ1n) is 6.43. The monoisotopic (exact) mass is 376 g/mol. The van der Waals surface area contributed by atoms with Gasteiger partial charge in [-0.3, -0.25) is 15.0 Å². The van der Waals surface area contributed by atoms with E-state index in [0.717, 1.165) is 10.0 Å². The van der Waals surface area contributed by atoms with Crippen molar-refractivity contribution in [3.63, 3.8) is 0 Å². The SMILES string of the molecule is O=C1NN(c2ccc(Cl)cc2)C(=O)/C1=C/c1ccc(Br)cc1. The number of hydrazine groups is 1. The molecular formula is C16H10BrClN2O2. The molecule has 0 unspecified atom stereocenters. The van der Waals surface area contributed by atoms with Crippen LogP contribution in [0.15, 0.2) is 58.6 Å². The summed E-state index contributed by atoms with van der Waals surface area (Å²) in [5.41, 5.74) is 3.97. The molecule has 1 heterocycles. The molecule has 2 aromatic carbocycles. The van der Waals surface area contributed by atoms with Gasteiger partial charge in [0, 0.05) is 9.50 Å². The molecule has 2 aromatic rings. The van der Waals surface area contributed by atoms with Gasteiger partial charge in [-0.2, -0.15) is 0 Å². The van der Waals surface area contributed by atoms with Gasteiger partial charge in [0.25, 0.3) is 11.8 Å². The van der Waals surface area contributed by atoms with Crippen LogP contribution in [0, 0.1) is 0 Å². The Kier molecular flexibility index (Phi) is 4.00. The van der Waals surface area contributed by atoms with Crippen LogP contribution in [0.4, 0.5) is 5.69 Å². The zero-order valence-corrected chi connectivity index (χ0v) is 13.6. The van der Waals surface area contributed by atoms with E-state index in [0.29, 0.717) is 10.7 Å². The maximum Gasteiger partial charge on any atom is 0.282 e. The molecule has 1 fully saturated rings. The first kappa shape index (κ1) is 14.8. The molecule has 1 N–H and O–H groups in total. The number of halogens is 2. The van der Waals surface area contributed by atoms with Crippen molar-refractivity contribution < 1.29 is 9.59 Å². The van der Waals surface area contributed by atoms with E-state index < -0.39 is 11.8 Å². The third-order valence-electron chi connectivity index (χ3n) is 3.16. The van der Waals surface area contributed by atoms with Crippen molar-refractivity contribution in [2.75, 3.05) is 5.01 Å². The van der Waals surface area contributed by atoms with Crippen LogP contribution >= 0.6 is 27.5 Å². The molecule has 0 atom stereocenters. The molecule has 1 saturated heterocycles. The van der Waals surface area contributed by atoms with Crippen molar-refractivity contribution in [2.45, 2.75) is 0 Å². The molecule has 0 aliphatic carbocycles. The smallest absolute Gasteiger partial charge is 0.267 e. The normalized spacial score (nSPS) is 16.3. The van der Waals surface area contributed by atoms with Gasteiger partial charge in [-0.1, -0.05) is 39.7 Å². The number of benzene rings is 2. The van der Waals surface area contributed by atoms with Crippen LogP contribution in [0.25, 0.3) is 6.08 Å². The molecular weight excluding hydrogens is 368 g/mol. The number of hydrogen-bond donors (Lipinski definition) is 1. The van der Waals surface area contributed by atoms with E-state index in [1.54, 1.807) is 30.3 Å². The van der Waals surface area contributed by atoms with Gasteiger partial charge in [-0.15, -0.1) is 0 Å². The van der Waals surface area contributed by atoms with Crippen molar-refractivity contribution in [1.82, 2.24) is 5.43 Å². The van der Waals surface area contributed by atoms with Gasteiger partial charge in [0.1, 0.15) is 5.57 Å². The molecule has 1 aliphatic rings. The number of carbonyl (C=O) groups excluding carboxylic acids is 2. The van der Waals surface area contributed by atoms with Crippen LogP contribution in [-0.2, 0) is 9.59 Å². The van der Waals surface area contributed by atoms with Crippen molar-refractivity contribution in [3.8, 4) is 0 Å². The maximum absolute atomic E-state index is 12.4. The molecule has 0 bridgehead atoms. The highest BCUT2D eigenvalue weighted by molar-refractivity contribution is 9.10. The average Bonchev–Trinajstić information content (AvgIpc) is 2.78.